The van der Waals surface area contributed by atoms with E-state index >= 15 is 0 Å². The van der Waals surface area contributed by atoms with E-state index in [4.69, 9.17) is 16.3 Å². The summed E-state index contributed by atoms with van der Waals surface area (Å²) in [6.45, 7) is 0.395. The standard InChI is InChI=1S/C11H10BrClN2O/c1-15-10(12)6-14-11(15)7-16-9-5-3-2-4-8(9)13/h2-6H,7H2,1H3. The van der Waals surface area contributed by atoms with Crippen LogP contribution in [0, 0.1) is 0 Å². The maximum atomic E-state index is 5.97. The van der Waals surface area contributed by atoms with Crippen LogP contribution < -0.4 is 4.74 Å². The Balaban J connectivity index is 2.08. The third kappa shape index (κ3) is 2.39. The number of hydrogen-bond donors (Lipinski definition) is 0. The van der Waals surface area contributed by atoms with Gasteiger partial charge in [-0.25, -0.2) is 4.98 Å². The Morgan fingerprint density at radius 3 is 2.81 bits per heavy atom. The lowest BCUT2D eigenvalue weighted by Gasteiger charge is -2.07. The van der Waals surface area contributed by atoms with Crippen LogP contribution in [0.5, 0.6) is 5.75 Å². The molecule has 1 aromatic carbocycles. The number of halogens is 2. The number of ether oxygens (including phenoxy) is 1. The molecule has 0 radical (unpaired) electrons. The van der Waals surface area contributed by atoms with Crippen LogP contribution in [-0.4, -0.2) is 9.55 Å². The molecule has 0 saturated carbocycles. The molecule has 0 spiro atoms. The molecule has 2 aromatic rings. The highest BCUT2D eigenvalue weighted by atomic mass is 79.9. The topological polar surface area (TPSA) is 27.1 Å². The zero-order valence-corrected chi connectivity index (χ0v) is 11.0. The van der Waals surface area contributed by atoms with Crippen molar-refractivity contribution in [3.05, 3.63) is 45.9 Å². The number of rotatable bonds is 3. The van der Waals surface area contributed by atoms with Gasteiger partial charge in [0.15, 0.2) is 0 Å². The van der Waals surface area contributed by atoms with Gasteiger partial charge in [0.05, 0.1) is 11.2 Å². The molecule has 84 valence electrons. The molecule has 0 aliphatic rings. The van der Waals surface area contributed by atoms with Crippen molar-refractivity contribution in [3.8, 4) is 5.75 Å². The van der Waals surface area contributed by atoms with Crippen LogP contribution in [0.1, 0.15) is 5.82 Å². The number of para-hydroxylation sites is 1. The molecule has 0 bridgehead atoms. The second kappa shape index (κ2) is 4.89. The molecule has 0 aliphatic heterocycles. The van der Waals surface area contributed by atoms with Gasteiger partial charge in [-0.05, 0) is 28.1 Å². The van der Waals surface area contributed by atoms with Crippen LogP contribution in [0.25, 0.3) is 0 Å². The van der Waals surface area contributed by atoms with E-state index < -0.39 is 0 Å². The zero-order valence-electron chi connectivity index (χ0n) is 8.65. The van der Waals surface area contributed by atoms with Crippen molar-refractivity contribution >= 4 is 27.5 Å². The lowest BCUT2D eigenvalue weighted by atomic mass is 10.3. The van der Waals surface area contributed by atoms with Gasteiger partial charge in [0.25, 0.3) is 0 Å². The molecule has 3 nitrogen and oxygen atoms in total. The van der Waals surface area contributed by atoms with Gasteiger partial charge < -0.3 is 9.30 Å². The zero-order chi connectivity index (χ0) is 11.5. The largest absolute Gasteiger partial charge is 0.484 e. The minimum absolute atomic E-state index is 0.395. The van der Waals surface area contributed by atoms with Gasteiger partial charge in [-0.3, -0.25) is 0 Å². The van der Waals surface area contributed by atoms with E-state index in [9.17, 15) is 0 Å². The fourth-order valence-corrected chi connectivity index (χ4v) is 1.76. The van der Waals surface area contributed by atoms with Crippen molar-refractivity contribution in [1.82, 2.24) is 9.55 Å². The van der Waals surface area contributed by atoms with E-state index in [1.807, 2.05) is 29.8 Å². The van der Waals surface area contributed by atoms with Crippen LogP contribution >= 0.6 is 27.5 Å². The SMILES string of the molecule is Cn1c(Br)cnc1COc1ccccc1Cl. The molecule has 2 rings (SSSR count). The van der Waals surface area contributed by atoms with Gasteiger partial charge >= 0.3 is 0 Å². The molecule has 5 heteroatoms. The number of benzene rings is 1. The Morgan fingerprint density at radius 2 is 2.19 bits per heavy atom. The highest BCUT2D eigenvalue weighted by Gasteiger charge is 2.06. The first kappa shape index (κ1) is 11.5. The summed E-state index contributed by atoms with van der Waals surface area (Å²) < 4.78 is 8.42. The third-order valence-electron chi connectivity index (χ3n) is 2.22. The quantitative estimate of drug-likeness (QED) is 0.868. The van der Waals surface area contributed by atoms with Crippen molar-refractivity contribution in [2.45, 2.75) is 6.61 Å². The minimum Gasteiger partial charge on any atom is -0.484 e. The van der Waals surface area contributed by atoms with Crippen LogP contribution in [-0.2, 0) is 13.7 Å². The van der Waals surface area contributed by atoms with Gasteiger partial charge in [-0.2, -0.15) is 0 Å². The van der Waals surface area contributed by atoms with E-state index in [0.717, 1.165) is 10.4 Å². The van der Waals surface area contributed by atoms with E-state index in [1.54, 1.807) is 12.3 Å². The Labute approximate surface area is 107 Å². The average molecular weight is 302 g/mol. The van der Waals surface area contributed by atoms with Crippen molar-refractivity contribution in [2.24, 2.45) is 7.05 Å². The first-order chi connectivity index (χ1) is 7.68. The molecule has 1 heterocycles. The molecule has 0 amide bonds. The number of nitrogens with zero attached hydrogens (tertiary/aromatic N) is 2. The van der Waals surface area contributed by atoms with Gasteiger partial charge in [-0.15, -0.1) is 0 Å². The second-order valence-electron chi connectivity index (χ2n) is 3.28. The summed E-state index contributed by atoms with van der Waals surface area (Å²) in [7, 11) is 1.92. The third-order valence-corrected chi connectivity index (χ3v) is 3.27. The predicted octanol–water partition coefficient (Wildman–Crippen LogP) is 3.42. The Bertz CT molecular complexity index is 498. The molecule has 0 fully saturated rings. The van der Waals surface area contributed by atoms with Gasteiger partial charge in [0, 0.05) is 7.05 Å². The summed E-state index contributed by atoms with van der Waals surface area (Å²) in [5, 5.41) is 0.607. The van der Waals surface area contributed by atoms with E-state index in [2.05, 4.69) is 20.9 Å². The molecular formula is C11H10BrClN2O. The summed E-state index contributed by atoms with van der Waals surface area (Å²) >= 11 is 9.35. The summed E-state index contributed by atoms with van der Waals surface area (Å²) in [5.41, 5.74) is 0. The average Bonchev–Trinajstić information content (AvgIpc) is 2.59. The Kier molecular flexibility index (Phi) is 3.51. The van der Waals surface area contributed by atoms with Crippen molar-refractivity contribution in [1.29, 1.82) is 0 Å². The molecule has 0 saturated heterocycles. The molecule has 0 N–H and O–H groups in total. The normalized spacial score (nSPS) is 10.4. The molecule has 1 aromatic heterocycles. The lowest BCUT2D eigenvalue weighted by molar-refractivity contribution is 0.291. The Hall–Kier alpha value is -1.00. The van der Waals surface area contributed by atoms with Crippen LogP contribution in [0.4, 0.5) is 0 Å². The smallest absolute Gasteiger partial charge is 0.147 e. The molecule has 0 unspecified atom stereocenters. The molecule has 0 aliphatic carbocycles. The minimum atomic E-state index is 0.395. The Morgan fingerprint density at radius 1 is 1.44 bits per heavy atom. The fraction of sp³-hybridized carbons (Fsp3) is 0.182. The first-order valence-electron chi connectivity index (χ1n) is 4.72. The van der Waals surface area contributed by atoms with Gasteiger partial charge in [0.1, 0.15) is 22.8 Å². The highest BCUT2D eigenvalue weighted by Crippen LogP contribution is 2.24. The van der Waals surface area contributed by atoms with E-state index in [-0.39, 0.29) is 0 Å². The number of aromatic nitrogens is 2. The molecular weight excluding hydrogens is 291 g/mol. The number of imidazole rings is 1. The van der Waals surface area contributed by atoms with Crippen LogP contribution in [0.2, 0.25) is 5.02 Å². The maximum Gasteiger partial charge on any atom is 0.147 e. The first-order valence-corrected chi connectivity index (χ1v) is 5.89. The summed E-state index contributed by atoms with van der Waals surface area (Å²) in [6.07, 6.45) is 1.74. The second-order valence-corrected chi connectivity index (χ2v) is 4.49. The van der Waals surface area contributed by atoms with Crippen molar-refractivity contribution in [2.75, 3.05) is 0 Å². The monoisotopic (exact) mass is 300 g/mol. The summed E-state index contributed by atoms with van der Waals surface area (Å²) in [6, 6.07) is 7.38. The highest BCUT2D eigenvalue weighted by molar-refractivity contribution is 9.10. The van der Waals surface area contributed by atoms with Crippen molar-refractivity contribution < 1.29 is 4.74 Å². The molecule has 16 heavy (non-hydrogen) atoms. The fourth-order valence-electron chi connectivity index (χ4n) is 1.26. The lowest BCUT2D eigenvalue weighted by Crippen LogP contribution is -2.03. The van der Waals surface area contributed by atoms with Crippen LogP contribution in [0.15, 0.2) is 35.1 Å². The van der Waals surface area contributed by atoms with Crippen molar-refractivity contribution in [3.63, 3.8) is 0 Å². The van der Waals surface area contributed by atoms with E-state index in [0.29, 0.717) is 17.4 Å². The summed E-state index contributed by atoms with van der Waals surface area (Å²) in [5.74, 6) is 1.51. The van der Waals surface area contributed by atoms with Gasteiger partial charge in [-0.1, -0.05) is 23.7 Å². The van der Waals surface area contributed by atoms with Crippen LogP contribution in [0.3, 0.4) is 0 Å². The molecule has 0 atom stereocenters. The maximum absolute atomic E-state index is 5.97. The van der Waals surface area contributed by atoms with E-state index in [1.165, 1.54) is 0 Å². The van der Waals surface area contributed by atoms with Gasteiger partial charge in [0.2, 0.25) is 0 Å². The predicted molar refractivity (Wildman–Crippen MR) is 66.7 cm³/mol. The summed E-state index contributed by atoms with van der Waals surface area (Å²) in [4.78, 5) is 4.21. The number of hydrogen-bond acceptors (Lipinski definition) is 2.